The molecule has 0 saturated carbocycles. The Morgan fingerprint density at radius 2 is 1.82 bits per heavy atom. The fraction of sp³-hybridized carbons (Fsp3) is 0.688. The van der Waals surface area contributed by atoms with Crippen LogP contribution in [0.1, 0.15) is 48.8 Å². The summed E-state index contributed by atoms with van der Waals surface area (Å²) >= 11 is 0. The SMILES string of the molecule is CC(C)c1cc(C(=O)N2CCOCC2)nc(N2CCCC2)n1. The van der Waals surface area contributed by atoms with Crippen LogP contribution in [0, 0.1) is 0 Å². The fourth-order valence-electron chi connectivity index (χ4n) is 2.85. The topological polar surface area (TPSA) is 58.6 Å². The summed E-state index contributed by atoms with van der Waals surface area (Å²) in [5, 5.41) is 0. The Kier molecular flexibility index (Phi) is 4.57. The average Bonchev–Trinajstić information content (AvgIpc) is 3.09. The molecule has 0 bridgehead atoms. The van der Waals surface area contributed by atoms with Gasteiger partial charge in [-0.2, -0.15) is 0 Å². The molecule has 0 unspecified atom stereocenters. The van der Waals surface area contributed by atoms with Crippen molar-refractivity contribution in [2.24, 2.45) is 0 Å². The summed E-state index contributed by atoms with van der Waals surface area (Å²) in [6.07, 6.45) is 2.34. The molecule has 2 saturated heterocycles. The van der Waals surface area contributed by atoms with Crippen molar-refractivity contribution in [3.05, 3.63) is 17.5 Å². The number of aromatic nitrogens is 2. The first kappa shape index (κ1) is 15.2. The number of morpholine rings is 1. The van der Waals surface area contributed by atoms with Gasteiger partial charge in [-0.25, -0.2) is 9.97 Å². The van der Waals surface area contributed by atoms with Crippen LogP contribution in [0.3, 0.4) is 0 Å². The van der Waals surface area contributed by atoms with Crippen LogP contribution in [0.2, 0.25) is 0 Å². The minimum atomic E-state index is -0.00644. The largest absolute Gasteiger partial charge is 0.378 e. The van der Waals surface area contributed by atoms with Crippen molar-refractivity contribution in [2.75, 3.05) is 44.3 Å². The maximum absolute atomic E-state index is 12.7. The summed E-state index contributed by atoms with van der Waals surface area (Å²) in [4.78, 5) is 25.9. The van der Waals surface area contributed by atoms with E-state index in [9.17, 15) is 4.79 Å². The first-order valence-corrected chi connectivity index (χ1v) is 8.16. The lowest BCUT2D eigenvalue weighted by Gasteiger charge is -2.27. The van der Waals surface area contributed by atoms with Crippen LogP contribution in [0.5, 0.6) is 0 Å². The van der Waals surface area contributed by atoms with E-state index >= 15 is 0 Å². The number of amides is 1. The lowest BCUT2D eigenvalue weighted by atomic mass is 10.1. The molecule has 3 rings (SSSR count). The molecule has 6 heteroatoms. The van der Waals surface area contributed by atoms with E-state index in [1.807, 2.05) is 11.0 Å². The first-order valence-electron chi connectivity index (χ1n) is 8.16. The number of hydrogen-bond acceptors (Lipinski definition) is 5. The first-order chi connectivity index (χ1) is 10.6. The zero-order valence-corrected chi connectivity index (χ0v) is 13.4. The van der Waals surface area contributed by atoms with E-state index in [1.165, 1.54) is 12.8 Å². The molecular formula is C16H24N4O2. The van der Waals surface area contributed by atoms with Crippen molar-refractivity contribution in [1.29, 1.82) is 0 Å². The molecule has 6 nitrogen and oxygen atoms in total. The van der Waals surface area contributed by atoms with Crippen LogP contribution in [0.15, 0.2) is 6.07 Å². The third-order valence-corrected chi connectivity index (χ3v) is 4.23. The fourth-order valence-corrected chi connectivity index (χ4v) is 2.85. The predicted molar refractivity (Wildman–Crippen MR) is 84.3 cm³/mol. The van der Waals surface area contributed by atoms with E-state index in [1.54, 1.807) is 0 Å². The molecule has 0 aromatic carbocycles. The van der Waals surface area contributed by atoms with Crippen LogP contribution in [0.4, 0.5) is 5.95 Å². The summed E-state index contributed by atoms with van der Waals surface area (Å²) in [5.74, 6) is 0.981. The van der Waals surface area contributed by atoms with E-state index in [0.717, 1.165) is 18.8 Å². The molecule has 2 aliphatic rings. The van der Waals surface area contributed by atoms with Crippen molar-refractivity contribution >= 4 is 11.9 Å². The highest BCUT2D eigenvalue weighted by Crippen LogP contribution is 2.21. The summed E-state index contributed by atoms with van der Waals surface area (Å²) in [5.41, 5.74) is 1.45. The molecule has 120 valence electrons. The van der Waals surface area contributed by atoms with Crippen molar-refractivity contribution in [3.63, 3.8) is 0 Å². The molecule has 1 aromatic heterocycles. The lowest BCUT2D eigenvalue weighted by molar-refractivity contribution is 0.0299. The monoisotopic (exact) mass is 304 g/mol. The maximum atomic E-state index is 12.7. The second-order valence-corrected chi connectivity index (χ2v) is 6.23. The van der Waals surface area contributed by atoms with Gasteiger partial charge in [-0.1, -0.05) is 13.8 Å². The molecule has 0 spiro atoms. The molecule has 2 aliphatic heterocycles. The van der Waals surface area contributed by atoms with Crippen LogP contribution >= 0.6 is 0 Å². The van der Waals surface area contributed by atoms with E-state index in [2.05, 4.69) is 28.7 Å². The van der Waals surface area contributed by atoms with Crippen molar-refractivity contribution in [1.82, 2.24) is 14.9 Å². The number of rotatable bonds is 3. The Morgan fingerprint density at radius 1 is 1.14 bits per heavy atom. The van der Waals surface area contributed by atoms with Crippen LogP contribution in [0.25, 0.3) is 0 Å². The van der Waals surface area contributed by atoms with Gasteiger partial charge in [0.05, 0.1) is 13.2 Å². The smallest absolute Gasteiger partial charge is 0.272 e. The summed E-state index contributed by atoms with van der Waals surface area (Å²) in [6.45, 7) is 8.63. The van der Waals surface area contributed by atoms with Gasteiger partial charge in [0.15, 0.2) is 0 Å². The molecule has 3 heterocycles. The van der Waals surface area contributed by atoms with E-state index in [0.29, 0.717) is 37.9 Å². The Hall–Kier alpha value is -1.69. The maximum Gasteiger partial charge on any atom is 0.272 e. The zero-order chi connectivity index (χ0) is 15.5. The van der Waals surface area contributed by atoms with E-state index in [-0.39, 0.29) is 11.8 Å². The molecule has 1 aromatic rings. The van der Waals surface area contributed by atoms with Crippen molar-refractivity contribution in [2.45, 2.75) is 32.6 Å². The standard InChI is InChI=1S/C16H24N4O2/c1-12(2)13-11-14(15(21)19-7-9-22-10-8-19)18-16(17-13)20-5-3-4-6-20/h11-12H,3-10H2,1-2H3. The highest BCUT2D eigenvalue weighted by Gasteiger charge is 2.23. The van der Waals surface area contributed by atoms with Gasteiger partial charge < -0.3 is 14.5 Å². The van der Waals surface area contributed by atoms with Crippen LogP contribution < -0.4 is 4.90 Å². The van der Waals surface area contributed by atoms with Gasteiger partial charge in [0.25, 0.3) is 5.91 Å². The van der Waals surface area contributed by atoms with Gasteiger partial charge in [0, 0.05) is 31.9 Å². The highest BCUT2D eigenvalue weighted by molar-refractivity contribution is 5.92. The number of hydrogen-bond donors (Lipinski definition) is 0. The summed E-state index contributed by atoms with van der Waals surface area (Å²) < 4.78 is 5.32. The second kappa shape index (κ2) is 6.60. The van der Waals surface area contributed by atoms with E-state index < -0.39 is 0 Å². The third-order valence-electron chi connectivity index (χ3n) is 4.23. The second-order valence-electron chi connectivity index (χ2n) is 6.23. The summed E-state index contributed by atoms with van der Waals surface area (Å²) in [7, 11) is 0. The molecule has 0 N–H and O–H groups in total. The zero-order valence-electron chi connectivity index (χ0n) is 13.4. The molecule has 1 amide bonds. The molecular weight excluding hydrogens is 280 g/mol. The molecule has 0 atom stereocenters. The lowest BCUT2D eigenvalue weighted by Crippen LogP contribution is -2.41. The number of ether oxygens (including phenoxy) is 1. The van der Waals surface area contributed by atoms with Gasteiger partial charge in [0.1, 0.15) is 5.69 Å². The quantitative estimate of drug-likeness (QED) is 0.850. The Balaban J connectivity index is 1.89. The predicted octanol–water partition coefficient (Wildman–Crippen LogP) is 1.67. The highest BCUT2D eigenvalue weighted by atomic mass is 16.5. The Labute approximate surface area is 131 Å². The minimum absolute atomic E-state index is 0.00644. The number of carbonyl (C=O) groups is 1. The third kappa shape index (κ3) is 3.21. The van der Waals surface area contributed by atoms with Crippen molar-refractivity contribution in [3.8, 4) is 0 Å². The number of nitrogens with zero attached hydrogens (tertiary/aromatic N) is 4. The normalized spacial score (nSPS) is 19.0. The Morgan fingerprint density at radius 3 is 2.45 bits per heavy atom. The van der Waals surface area contributed by atoms with Gasteiger partial charge in [-0.3, -0.25) is 4.79 Å². The van der Waals surface area contributed by atoms with Gasteiger partial charge in [-0.15, -0.1) is 0 Å². The van der Waals surface area contributed by atoms with Gasteiger partial charge in [0.2, 0.25) is 5.95 Å². The van der Waals surface area contributed by atoms with Crippen molar-refractivity contribution < 1.29 is 9.53 Å². The van der Waals surface area contributed by atoms with E-state index in [4.69, 9.17) is 4.74 Å². The summed E-state index contributed by atoms with van der Waals surface area (Å²) in [6, 6.07) is 1.85. The molecule has 22 heavy (non-hydrogen) atoms. The number of carbonyl (C=O) groups excluding carboxylic acids is 1. The van der Waals surface area contributed by atoms with Crippen LogP contribution in [-0.4, -0.2) is 60.2 Å². The van der Waals surface area contributed by atoms with Gasteiger partial charge in [-0.05, 0) is 24.8 Å². The molecule has 0 radical (unpaired) electrons. The minimum Gasteiger partial charge on any atom is -0.378 e. The molecule has 2 fully saturated rings. The Bertz CT molecular complexity index is 535. The van der Waals surface area contributed by atoms with Crippen LogP contribution in [-0.2, 0) is 4.74 Å². The van der Waals surface area contributed by atoms with Gasteiger partial charge >= 0.3 is 0 Å². The molecule has 0 aliphatic carbocycles. The number of anilines is 1. The average molecular weight is 304 g/mol.